The number of imidazole rings is 1. The summed E-state index contributed by atoms with van der Waals surface area (Å²) in [5.74, 6) is 0.610. The molecule has 0 radical (unpaired) electrons. The van der Waals surface area contributed by atoms with E-state index in [1.54, 1.807) is 0 Å². The van der Waals surface area contributed by atoms with Gasteiger partial charge in [0.25, 0.3) is 5.91 Å². The zero-order valence-corrected chi connectivity index (χ0v) is 19.1. The van der Waals surface area contributed by atoms with E-state index in [1.165, 1.54) is 16.7 Å². The van der Waals surface area contributed by atoms with E-state index < -0.39 is 0 Å². The molecule has 1 aromatic heterocycles. The Morgan fingerprint density at radius 3 is 2.34 bits per heavy atom. The van der Waals surface area contributed by atoms with Crippen LogP contribution in [-0.2, 0) is 6.54 Å². The van der Waals surface area contributed by atoms with Crippen LogP contribution in [0.1, 0.15) is 49.5 Å². The summed E-state index contributed by atoms with van der Waals surface area (Å²) >= 11 is 0. The first-order valence-corrected chi connectivity index (χ1v) is 11.4. The number of carbonyl (C=O) groups excluding carboxylic acids is 1. The van der Waals surface area contributed by atoms with Crippen LogP contribution in [0.25, 0.3) is 22.2 Å². The van der Waals surface area contributed by atoms with Crippen molar-refractivity contribution in [2.24, 2.45) is 5.92 Å². The molecule has 1 atom stereocenters. The molecule has 32 heavy (non-hydrogen) atoms. The number of carbonyl (C=O) groups is 1. The molecule has 4 aromatic rings. The number of benzene rings is 3. The normalized spacial score (nSPS) is 12.2. The minimum Gasteiger partial charge on any atom is -0.350 e. The molecular weight excluding hydrogens is 394 g/mol. The average molecular weight is 426 g/mol. The standard InChI is InChI=1S/C28H31N3O/c1-20(2)9-10-21(3)30-28(32)25-15-16-27-26(17-25)29-19-31(27)18-22-11-13-24(14-12-22)23-7-5-4-6-8-23/h4-8,11-17,19-21H,9-10,18H2,1-3H3,(H,30,32)/t21-/m0/s1. The second-order valence-corrected chi connectivity index (χ2v) is 8.98. The van der Waals surface area contributed by atoms with Crippen LogP contribution in [0.15, 0.2) is 79.1 Å². The van der Waals surface area contributed by atoms with Gasteiger partial charge >= 0.3 is 0 Å². The third-order valence-electron chi connectivity index (χ3n) is 5.85. The van der Waals surface area contributed by atoms with Gasteiger partial charge in [0.2, 0.25) is 0 Å². The Bertz CT molecular complexity index is 1180. The number of rotatable bonds is 8. The van der Waals surface area contributed by atoms with Gasteiger partial charge in [0.1, 0.15) is 0 Å². The molecule has 4 rings (SSSR count). The van der Waals surface area contributed by atoms with Crippen LogP contribution in [-0.4, -0.2) is 21.5 Å². The summed E-state index contributed by atoms with van der Waals surface area (Å²) in [4.78, 5) is 17.2. The molecule has 0 fully saturated rings. The van der Waals surface area contributed by atoms with Crippen molar-refractivity contribution in [3.63, 3.8) is 0 Å². The molecule has 0 aliphatic heterocycles. The lowest BCUT2D eigenvalue weighted by atomic mass is 10.0. The molecule has 0 bridgehead atoms. The molecule has 0 aliphatic carbocycles. The zero-order valence-electron chi connectivity index (χ0n) is 19.1. The number of hydrogen-bond acceptors (Lipinski definition) is 2. The van der Waals surface area contributed by atoms with Crippen molar-refractivity contribution in [3.8, 4) is 11.1 Å². The lowest BCUT2D eigenvalue weighted by Gasteiger charge is -2.15. The molecule has 3 aromatic carbocycles. The maximum absolute atomic E-state index is 12.6. The lowest BCUT2D eigenvalue weighted by Crippen LogP contribution is -2.32. The maximum atomic E-state index is 12.6. The Morgan fingerprint density at radius 2 is 1.62 bits per heavy atom. The van der Waals surface area contributed by atoms with Crippen molar-refractivity contribution in [1.29, 1.82) is 0 Å². The monoisotopic (exact) mass is 425 g/mol. The van der Waals surface area contributed by atoms with E-state index in [9.17, 15) is 4.79 Å². The van der Waals surface area contributed by atoms with Crippen molar-refractivity contribution in [2.75, 3.05) is 0 Å². The highest BCUT2D eigenvalue weighted by Gasteiger charge is 2.13. The first-order valence-electron chi connectivity index (χ1n) is 11.4. The molecule has 0 spiro atoms. The van der Waals surface area contributed by atoms with Crippen molar-refractivity contribution in [2.45, 2.75) is 46.2 Å². The van der Waals surface area contributed by atoms with Crippen molar-refractivity contribution in [3.05, 3.63) is 90.3 Å². The summed E-state index contributed by atoms with van der Waals surface area (Å²) in [5.41, 5.74) is 6.17. The van der Waals surface area contributed by atoms with Gasteiger partial charge in [-0.25, -0.2) is 4.98 Å². The molecule has 1 amide bonds. The van der Waals surface area contributed by atoms with Crippen LogP contribution < -0.4 is 5.32 Å². The number of nitrogens with one attached hydrogen (secondary N) is 1. The Hall–Kier alpha value is -3.40. The molecular formula is C28H31N3O. The van der Waals surface area contributed by atoms with E-state index in [0.29, 0.717) is 11.5 Å². The highest BCUT2D eigenvalue weighted by atomic mass is 16.1. The van der Waals surface area contributed by atoms with Gasteiger partial charge in [-0.3, -0.25) is 4.79 Å². The topological polar surface area (TPSA) is 46.9 Å². The summed E-state index contributed by atoms with van der Waals surface area (Å²) < 4.78 is 2.12. The summed E-state index contributed by atoms with van der Waals surface area (Å²) in [7, 11) is 0. The smallest absolute Gasteiger partial charge is 0.251 e. The molecule has 0 unspecified atom stereocenters. The van der Waals surface area contributed by atoms with Crippen LogP contribution in [0.2, 0.25) is 0 Å². The fraction of sp³-hybridized carbons (Fsp3) is 0.286. The number of nitrogens with zero attached hydrogens (tertiary/aromatic N) is 2. The summed E-state index contributed by atoms with van der Waals surface area (Å²) in [6.07, 6.45) is 3.95. The number of aromatic nitrogens is 2. The fourth-order valence-corrected chi connectivity index (χ4v) is 3.92. The highest BCUT2D eigenvalue weighted by molar-refractivity contribution is 5.97. The van der Waals surface area contributed by atoms with Gasteiger partial charge in [-0.2, -0.15) is 0 Å². The second kappa shape index (κ2) is 9.82. The van der Waals surface area contributed by atoms with Crippen LogP contribution in [0, 0.1) is 5.92 Å². The average Bonchev–Trinajstić information content (AvgIpc) is 3.20. The summed E-state index contributed by atoms with van der Waals surface area (Å²) in [6, 6.07) is 25.0. The van der Waals surface area contributed by atoms with Gasteiger partial charge in [-0.1, -0.05) is 68.4 Å². The van der Waals surface area contributed by atoms with Gasteiger partial charge in [0.05, 0.1) is 17.4 Å². The minimum atomic E-state index is -0.0331. The van der Waals surface area contributed by atoms with E-state index in [1.807, 2.05) is 30.6 Å². The molecule has 1 N–H and O–H groups in total. The first kappa shape index (κ1) is 21.8. The van der Waals surface area contributed by atoms with Crippen molar-refractivity contribution in [1.82, 2.24) is 14.9 Å². The van der Waals surface area contributed by atoms with Crippen LogP contribution in [0.5, 0.6) is 0 Å². The SMILES string of the molecule is CC(C)CC[C@H](C)NC(=O)c1ccc2c(c1)ncn2Cc1ccc(-c2ccccc2)cc1. The second-order valence-electron chi connectivity index (χ2n) is 8.98. The van der Waals surface area contributed by atoms with Gasteiger partial charge < -0.3 is 9.88 Å². The predicted molar refractivity (Wildman–Crippen MR) is 132 cm³/mol. The van der Waals surface area contributed by atoms with Gasteiger partial charge in [0.15, 0.2) is 0 Å². The Balaban J connectivity index is 1.44. The van der Waals surface area contributed by atoms with Crippen LogP contribution >= 0.6 is 0 Å². The molecule has 1 heterocycles. The fourth-order valence-electron chi connectivity index (χ4n) is 3.92. The molecule has 0 aliphatic rings. The number of amides is 1. The lowest BCUT2D eigenvalue weighted by molar-refractivity contribution is 0.0937. The summed E-state index contributed by atoms with van der Waals surface area (Å²) in [6.45, 7) is 7.22. The van der Waals surface area contributed by atoms with E-state index in [2.05, 4.69) is 84.2 Å². The van der Waals surface area contributed by atoms with Crippen LogP contribution in [0.4, 0.5) is 0 Å². The van der Waals surface area contributed by atoms with E-state index >= 15 is 0 Å². The third kappa shape index (κ3) is 5.25. The minimum absolute atomic E-state index is 0.0331. The van der Waals surface area contributed by atoms with E-state index in [-0.39, 0.29) is 11.9 Å². The van der Waals surface area contributed by atoms with Gasteiger partial charge in [-0.15, -0.1) is 0 Å². The molecule has 0 saturated carbocycles. The highest BCUT2D eigenvalue weighted by Crippen LogP contribution is 2.21. The first-order chi connectivity index (χ1) is 15.5. The van der Waals surface area contributed by atoms with Crippen LogP contribution in [0.3, 0.4) is 0 Å². The summed E-state index contributed by atoms with van der Waals surface area (Å²) in [5, 5.41) is 3.11. The quantitative estimate of drug-likeness (QED) is 0.360. The predicted octanol–water partition coefficient (Wildman–Crippen LogP) is 6.31. The maximum Gasteiger partial charge on any atom is 0.251 e. The van der Waals surface area contributed by atoms with E-state index in [0.717, 1.165) is 30.4 Å². The molecule has 0 saturated heterocycles. The molecule has 4 nitrogen and oxygen atoms in total. The van der Waals surface area contributed by atoms with Crippen molar-refractivity contribution >= 4 is 16.9 Å². The Kier molecular flexibility index (Phi) is 6.69. The van der Waals surface area contributed by atoms with Crippen molar-refractivity contribution < 1.29 is 4.79 Å². The number of fused-ring (bicyclic) bond motifs is 1. The molecule has 164 valence electrons. The third-order valence-corrected chi connectivity index (χ3v) is 5.85. The van der Waals surface area contributed by atoms with E-state index in [4.69, 9.17) is 0 Å². The largest absolute Gasteiger partial charge is 0.350 e. The number of hydrogen-bond donors (Lipinski definition) is 1. The Labute approximate surface area is 190 Å². The zero-order chi connectivity index (χ0) is 22.5. The van der Waals surface area contributed by atoms with Gasteiger partial charge in [-0.05, 0) is 60.6 Å². The van der Waals surface area contributed by atoms with Gasteiger partial charge in [0, 0.05) is 18.2 Å². The Morgan fingerprint density at radius 1 is 0.906 bits per heavy atom. The molecule has 4 heteroatoms.